The molecule has 1 N–H and O–H groups in total. The first-order valence-corrected chi connectivity index (χ1v) is 11.1. The van der Waals surface area contributed by atoms with Crippen molar-refractivity contribution in [3.8, 4) is 0 Å². The van der Waals surface area contributed by atoms with Crippen molar-refractivity contribution in [2.75, 3.05) is 5.32 Å². The predicted molar refractivity (Wildman–Crippen MR) is 113 cm³/mol. The van der Waals surface area contributed by atoms with Crippen LogP contribution in [0.5, 0.6) is 0 Å². The lowest BCUT2D eigenvalue weighted by molar-refractivity contribution is -0.168. The second kappa shape index (κ2) is 5.61. The molecular weight excluding hydrogens is 438 g/mol. The summed E-state index contributed by atoms with van der Waals surface area (Å²) in [4.78, 5) is 9.22. The number of halogens is 3. The molecule has 0 amide bonds. The highest BCUT2D eigenvalue weighted by atomic mass is 35.5. The zero-order valence-corrected chi connectivity index (χ0v) is 18.5. The summed E-state index contributed by atoms with van der Waals surface area (Å²) in [5.74, 6) is -0.623. The summed E-state index contributed by atoms with van der Waals surface area (Å²) >= 11 is 6.37. The molecule has 2 bridgehead atoms. The summed E-state index contributed by atoms with van der Waals surface area (Å²) in [6.07, 6.45) is 1.81. The van der Waals surface area contributed by atoms with E-state index in [9.17, 15) is 8.78 Å². The van der Waals surface area contributed by atoms with Crippen molar-refractivity contribution in [2.45, 2.75) is 50.8 Å². The van der Waals surface area contributed by atoms with Gasteiger partial charge in [-0.25, -0.2) is 18.7 Å². The van der Waals surface area contributed by atoms with Crippen LogP contribution in [0.3, 0.4) is 0 Å². The number of anilines is 1. The minimum absolute atomic E-state index is 0.0616. The molecule has 32 heavy (non-hydrogen) atoms. The lowest BCUT2D eigenvalue weighted by Gasteiger charge is -2.30. The molecule has 3 heterocycles. The van der Waals surface area contributed by atoms with Crippen LogP contribution in [0, 0.1) is 28.9 Å². The maximum Gasteiger partial charge on any atom is 0.164 e. The van der Waals surface area contributed by atoms with E-state index in [1.807, 2.05) is 13.8 Å². The van der Waals surface area contributed by atoms with Crippen LogP contribution < -0.4 is 5.32 Å². The molecule has 5 aliphatic rings. The van der Waals surface area contributed by atoms with E-state index in [1.165, 1.54) is 6.07 Å². The molecule has 0 radical (unpaired) electrons. The largest absolute Gasteiger partial charge is 0.379 e. The van der Waals surface area contributed by atoms with Crippen LogP contribution >= 0.6 is 11.6 Å². The molecule has 4 saturated carbocycles. The van der Waals surface area contributed by atoms with Gasteiger partial charge in [0.05, 0.1) is 23.7 Å². The van der Waals surface area contributed by atoms with E-state index in [0.29, 0.717) is 33.8 Å². The monoisotopic (exact) mass is 458 g/mol. The van der Waals surface area contributed by atoms with E-state index in [1.54, 1.807) is 12.4 Å². The first-order valence-electron chi connectivity index (χ1n) is 10.8. The van der Waals surface area contributed by atoms with Crippen molar-refractivity contribution in [1.82, 2.24) is 14.5 Å². The number of benzene rings is 1. The van der Waals surface area contributed by atoms with Gasteiger partial charge in [0.15, 0.2) is 11.4 Å². The van der Waals surface area contributed by atoms with E-state index in [2.05, 4.69) is 26.8 Å². The van der Waals surface area contributed by atoms with Gasteiger partial charge < -0.3 is 19.4 Å². The van der Waals surface area contributed by atoms with Gasteiger partial charge in [-0.05, 0) is 38.0 Å². The summed E-state index contributed by atoms with van der Waals surface area (Å²) in [6, 6.07) is 5.05. The summed E-state index contributed by atoms with van der Waals surface area (Å²) in [5.41, 5.74) is 1.99. The summed E-state index contributed by atoms with van der Waals surface area (Å²) in [5, 5.41) is 3.45. The number of pyridine rings is 1. The molecule has 6 nitrogen and oxygen atoms in total. The Labute approximate surface area is 187 Å². The third-order valence-electron chi connectivity index (χ3n) is 8.11. The first-order chi connectivity index (χ1) is 15.2. The van der Waals surface area contributed by atoms with E-state index < -0.39 is 17.4 Å². The Morgan fingerprint density at radius 3 is 2.75 bits per heavy atom. The molecule has 4 aliphatic carbocycles. The fourth-order valence-electron chi connectivity index (χ4n) is 6.86. The van der Waals surface area contributed by atoms with Crippen molar-refractivity contribution in [3.63, 3.8) is 0 Å². The van der Waals surface area contributed by atoms with Crippen LogP contribution in [0.4, 0.5) is 14.5 Å². The molecule has 5 fully saturated rings. The molecule has 1 aliphatic heterocycles. The maximum absolute atomic E-state index is 14.1. The lowest BCUT2D eigenvalue weighted by Crippen LogP contribution is -2.38. The van der Waals surface area contributed by atoms with Crippen molar-refractivity contribution in [3.05, 3.63) is 52.9 Å². The maximum atomic E-state index is 14.1. The molecule has 9 heteroatoms. The van der Waals surface area contributed by atoms with Gasteiger partial charge in [0.1, 0.15) is 28.4 Å². The third-order valence-corrected chi connectivity index (χ3v) is 8.30. The van der Waals surface area contributed by atoms with Crippen LogP contribution in [-0.2, 0) is 21.6 Å². The molecule has 0 spiro atoms. The average Bonchev–Trinajstić information content (AvgIpc) is 3.15. The summed E-state index contributed by atoms with van der Waals surface area (Å²) < 4.78 is 42.3. The highest BCUT2D eigenvalue weighted by Gasteiger charge is 3.04. The lowest BCUT2D eigenvalue weighted by atomic mass is 9.98. The van der Waals surface area contributed by atoms with Gasteiger partial charge in [0.2, 0.25) is 0 Å². The van der Waals surface area contributed by atoms with Gasteiger partial charge in [0.25, 0.3) is 0 Å². The van der Waals surface area contributed by atoms with Crippen LogP contribution in [0.1, 0.15) is 26.3 Å². The van der Waals surface area contributed by atoms with E-state index in [4.69, 9.17) is 21.1 Å². The molecule has 1 aromatic carbocycles. The Bertz CT molecular complexity index is 1330. The van der Waals surface area contributed by atoms with E-state index in [-0.39, 0.29) is 35.3 Å². The Morgan fingerprint density at radius 2 is 1.97 bits per heavy atom. The summed E-state index contributed by atoms with van der Waals surface area (Å²) in [7, 11) is 0. The molecule has 0 unspecified atom stereocenters. The van der Waals surface area contributed by atoms with Gasteiger partial charge in [-0.15, -0.1) is 0 Å². The van der Waals surface area contributed by atoms with Gasteiger partial charge in [-0.2, -0.15) is 0 Å². The van der Waals surface area contributed by atoms with Crippen LogP contribution in [0.25, 0.3) is 11.2 Å². The molecule has 2 aromatic heterocycles. The second-order valence-corrected chi connectivity index (χ2v) is 10.4. The minimum Gasteiger partial charge on any atom is -0.379 e. The quantitative estimate of drug-likeness (QED) is 0.584. The Balaban J connectivity index is 1.28. The Morgan fingerprint density at radius 1 is 1.19 bits per heavy atom. The topological polar surface area (TPSA) is 61.2 Å². The Hall–Kier alpha value is -2.29. The number of imidazole rings is 1. The fraction of sp³-hybridized carbons (Fsp3) is 0.478. The highest BCUT2D eigenvalue weighted by Crippen LogP contribution is 2.97. The summed E-state index contributed by atoms with van der Waals surface area (Å²) in [6.45, 7) is 6.27. The van der Waals surface area contributed by atoms with Gasteiger partial charge in [-0.3, -0.25) is 0 Å². The number of nitrogens with zero attached hydrogens (tertiary/aromatic N) is 3. The van der Waals surface area contributed by atoms with Crippen molar-refractivity contribution in [1.29, 1.82) is 0 Å². The smallest absolute Gasteiger partial charge is 0.164 e. The highest BCUT2D eigenvalue weighted by molar-refractivity contribution is 6.30. The van der Waals surface area contributed by atoms with Crippen LogP contribution in [-0.4, -0.2) is 32.5 Å². The standard InChI is InChI=1S/C23H21ClF2N4O2/c1-21(2)31-17-15-18-22(15,3)23(18,19(17)32-21)30-9-28-16-13(7-14(24)29-20(16)30)27-8-10-6-11(25)4-5-12(10)26/h4-7,9,15,17-19H,8H2,1-3H3,(H,27,29)/t15-,17+,18+,19+,22-,23-/m0/s1. The molecule has 3 aromatic rings. The zero-order chi connectivity index (χ0) is 22.2. The van der Waals surface area contributed by atoms with Gasteiger partial charge in [0, 0.05) is 29.5 Å². The SMILES string of the molecule is CC1(C)O[C@@H]2[C@H]3[C@@H]4[C@@]3(C)[C@@]4(n3cnc4c(NCc5cc(F)ccc5F)cc(Cl)nc43)[C@@H]2O1. The van der Waals surface area contributed by atoms with Crippen molar-refractivity contribution < 1.29 is 18.3 Å². The van der Waals surface area contributed by atoms with Crippen molar-refractivity contribution >= 4 is 28.5 Å². The first kappa shape index (κ1) is 19.2. The molecule has 8 rings (SSSR count). The molecule has 1 saturated heterocycles. The Kier molecular flexibility index (Phi) is 3.36. The predicted octanol–water partition coefficient (Wildman–Crippen LogP) is 4.47. The number of hydrogen-bond donors (Lipinski definition) is 1. The zero-order valence-electron chi connectivity index (χ0n) is 17.7. The van der Waals surface area contributed by atoms with Crippen LogP contribution in [0.15, 0.2) is 30.6 Å². The molecular formula is C23H21ClF2N4O2. The molecule has 6 atom stereocenters. The van der Waals surface area contributed by atoms with Gasteiger partial charge >= 0.3 is 0 Å². The number of fused-ring (bicyclic) bond motifs is 1. The number of hydrogen-bond acceptors (Lipinski definition) is 5. The fourth-order valence-corrected chi connectivity index (χ4v) is 7.05. The molecule has 166 valence electrons. The number of nitrogens with one attached hydrogen (secondary N) is 1. The minimum atomic E-state index is -0.612. The number of rotatable bonds is 4. The van der Waals surface area contributed by atoms with E-state index in [0.717, 1.165) is 12.1 Å². The number of aromatic nitrogens is 3. The van der Waals surface area contributed by atoms with Gasteiger partial charge in [-0.1, -0.05) is 18.5 Å². The normalized spacial score (nSPS) is 37.4. The van der Waals surface area contributed by atoms with Crippen molar-refractivity contribution in [2.24, 2.45) is 17.3 Å². The number of ether oxygens (including phenoxy) is 2. The second-order valence-electron chi connectivity index (χ2n) is 10.0. The third kappa shape index (κ3) is 2.07. The average molecular weight is 459 g/mol. The van der Waals surface area contributed by atoms with Crippen LogP contribution in [0.2, 0.25) is 5.15 Å². The van der Waals surface area contributed by atoms with E-state index >= 15 is 0 Å².